The van der Waals surface area contributed by atoms with Gasteiger partial charge in [0, 0.05) is 47.7 Å². The zero-order valence-electron chi connectivity index (χ0n) is 33.4. The molecule has 3 N–H and O–H groups in total. The Labute approximate surface area is 346 Å². The molecule has 2 aromatic carbocycles. The molecule has 4 amide bonds. The van der Waals surface area contributed by atoms with Crippen molar-refractivity contribution in [3.8, 4) is 22.5 Å². The van der Waals surface area contributed by atoms with E-state index in [-0.39, 0.29) is 24.4 Å². The lowest BCUT2D eigenvalue weighted by molar-refractivity contribution is -0.143. The van der Waals surface area contributed by atoms with Gasteiger partial charge in [-0.2, -0.15) is 23.4 Å². The third-order valence-corrected chi connectivity index (χ3v) is 11.7. The summed E-state index contributed by atoms with van der Waals surface area (Å²) in [4.78, 5) is 62.9. The van der Waals surface area contributed by atoms with Crippen molar-refractivity contribution in [2.24, 2.45) is 18.4 Å². The maximum Gasteiger partial charge on any atom is 0.408 e. The average Bonchev–Trinajstić information content (AvgIpc) is 3.51. The number of halogens is 1. The zero-order valence-corrected chi connectivity index (χ0v) is 35.8. The van der Waals surface area contributed by atoms with Gasteiger partial charge < -0.3 is 24.8 Å². The van der Waals surface area contributed by atoms with E-state index < -0.39 is 74.4 Å². The first-order chi connectivity index (χ1) is 27.1. The van der Waals surface area contributed by atoms with Crippen molar-refractivity contribution in [1.82, 2.24) is 44.8 Å². The van der Waals surface area contributed by atoms with Crippen molar-refractivity contribution in [3.05, 3.63) is 84.2 Å². The fourth-order valence-corrected chi connectivity index (χ4v) is 8.21. The van der Waals surface area contributed by atoms with E-state index in [9.17, 15) is 27.6 Å². The Morgan fingerprint density at radius 2 is 1.60 bits per heavy atom. The second-order valence-electron chi connectivity index (χ2n) is 16.8. The van der Waals surface area contributed by atoms with Crippen LogP contribution in [0.25, 0.3) is 22.5 Å². The first kappa shape index (κ1) is 42.3. The second-order valence-corrected chi connectivity index (χ2v) is 19.3. The van der Waals surface area contributed by atoms with Crippen LogP contribution in [-0.4, -0.2) is 91.4 Å². The zero-order chi connectivity index (χ0) is 42.4. The number of nitrogens with one attached hydrogen (secondary N) is 3. The number of amides is 4. The van der Waals surface area contributed by atoms with Crippen LogP contribution in [0.15, 0.2) is 89.3 Å². The van der Waals surface area contributed by atoms with Crippen molar-refractivity contribution in [3.63, 3.8) is 0 Å². The Morgan fingerprint density at radius 1 is 0.983 bits per heavy atom. The van der Waals surface area contributed by atoms with Gasteiger partial charge >= 0.3 is 6.09 Å². The fourth-order valence-electron chi connectivity index (χ4n) is 6.92. The molecule has 6 rings (SSSR count). The largest absolute Gasteiger partial charge is 0.444 e. The second kappa shape index (κ2) is 15.8. The summed E-state index contributed by atoms with van der Waals surface area (Å²) in [5.74, 6) is -2.86. The van der Waals surface area contributed by atoms with Gasteiger partial charge in [-0.3, -0.25) is 14.4 Å². The number of alkyl carbamates (subject to hydrolysis) is 1. The summed E-state index contributed by atoms with van der Waals surface area (Å²) < 4.78 is 36.2. The van der Waals surface area contributed by atoms with Crippen molar-refractivity contribution < 1.29 is 32.3 Å². The molecule has 2 aromatic heterocycles. The molecule has 1 aliphatic heterocycles. The van der Waals surface area contributed by atoms with E-state index in [1.807, 2.05) is 54.6 Å². The quantitative estimate of drug-likeness (QED) is 0.177. The SMILES string of the molecule is C=C[C@@H]1C[C@@]1(NC(=O)[C@@H]1C[C@@H](n2nc(-c3ccccc3)c(-c3ccc(Br)cc3)n2)CN1C(=O)[C@H](NC(=O)OC(C)(C)C)C(C)(C)C)C(=O)NS(=O)(=O)c1cn(C)cn1. The highest BCUT2D eigenvalue weighted by Crippen LogP contribution is 2.45. The van der Waals surface area contributed by atoms with E-state index in [1.54, 1.807) is 48.6 Å². The Kier molecular flexibility index (Phi) is 11.5. The molecule has 1 saturated heterocycles. The number of aromatic nitrogens is 5. The van der Waals surface area contributed by atoms with Crippen LogP contribution in [0.2, 0.25) is 0 Å². The molecule has 2 aliphatic rings. The number of imidazole rings is 1. The molecule has 1 saturated carbocycles. The van der Waals surface area contributed by atoms with Gasteiger partial charge in [-0.25, -0.2) is 14.5 Å². The predicted molar refractivity (Wildman–Crippen MR) is 218 cm³/mol. The summed E-state index contributed by atoms with van der Waals surface area (Å²) in [6, 6.07) is 14.1. The van der Waals surface area contributed by atoms with Crippen LogP contribution >= 0.6 is 15.9 Å². The highest BCUT2D eigenvalue weighted by Gasteiger charge is 2.61. The highest BCUT2D eigenvalue weighted by atomic mass is 79.9. The molecular formula is C40H48BrN9O7S. The summed E-state index contributed by atoms with van der Waals surface area (Å²) in [6.45, 7) is 14.2. The van der Waals surface area contributed by atoms with E-state index in [4.69, 9.17) is 14.9 Å². The van der Waals surface area contributed by atoms with Crippen molar-refractivity contribution in [2.45, 2.75) is 88.7 Å². The fraction of sp³-hybridized carbons (Fsp3) is 0.425. The van der Waals surface area contributed by atoms with Gasteiger partial charge in [-0.1, -0.05) is 85.2 Å². The highest BCUT2D eigenvalue weighted by molar-refractivity contribution is 9.10. The van der Waals surface area contributed by atoms with E-state index in [1.165, 1.54) is 32.9 Å². The molecule has 18 heteroatoms. The minimum Gasteiger partial charge on any atom is -0.444 e. The Balaban J connectivity index is 1.37. The van der Waals surface area contributed by atoms with E-state index in [0.29, 0.717) is 11.4 Å². The van der Waals surface area contributed by atoms with Crippen LogP contribution in [0.4, 0.5) is 4.79 Å². The van der Waals surface area contributed by atoms with E-state index >= 15 is 0 Å². The van der Waals surface area contributed by atoms with Gasteiger partial charge in [0.1, 0.15) is 34.6 Å². The maximum absolute atomic E-state index is 14.8. The molecule has 0 bridgehead atoms. The molecule has 5 atom stereocenters. The van der Waals surface area contributed by atoms with Gasteiger partial charge in [0.05, 0.1) is 12.4 Å². The number of carbonyl (C=O) groups is 4. The van der Waals surface area contributed by atoms with Gasteiger partial charge in [0.15, 0.2) is 5.03 Å². The minimum absolute atomic E-state index is 0.0201. The van der Waals surface area contributed by atoms with Crippen LogP contribution in [0.1, 0.15) is 60.4 Å². The molecule has 0 spiro atoms. The lowest BCUT2D eigenvalue weighted by atomic mass is 9.85. The third-order valence-electron chi connectivity index (χ3n) is 9.99. The Bertz CT molecular complexity index is 2330. The van der Waals surface area contributed by atoms with Gasteiger partial charge in [0.25, 0.3) is 15.9 Å². The topological polar surface area (TPSA) is 200 Å². The molecule has 2 fully saturated rings. The van der Waals surface area contributed by atoms with Gasteiger partial charge in [-0.15, -0.1) is 6.58 Å². The van der Waals surface area contributed by atoms with Crippen molar-refractivity contribution >= 4 is 49.8 Å². The summed E-state index contributed by atoms with van der Waals surface area (Å²) in [5.41, 5.74) is -0.608. The maximum atomic E-state index is 14.8. The number of likely N-dealkylation sites (tertiary alicyclic amines) is 1. The molecule has 0 radical (unpaired) electrons. The first-order valence-electron chi connectivity index (χ1n) is 18.7. The van der Waals surface area contributed by atoms with E-state index in [0.717, 1.165) is 15.6 Å². The molecule has 308 valence electrons. The van der Waals surface area contributed by atoms with Crippen LogP contribution in [0.3, 0.4) is 0 Å². The number of benzene rings is 2. The van der Waals surface area contributed by atoms with Crippen molar-refractivity contribution in [1.29, 1.82) is 0 Å². The van der Waals surface area contributed by atoms with E-state index in [2.05, 4.69) is 42.8 Å². The smallest absolute Gasteiger partial charge is 0.408 e. The molecule has 16 nitrogen and oxygen atoms in total. The molecule has 58 heavy (non-hydrogen) atoms. The number of ether oxygens (including phenoxy) is 1. The average molecular weight is 879 g/mol. The molecule has 3 heterocycles. The number of rotatable bonds is 11. The number of nitrogens with zero attached hydrogens (tertiary/aromatic N) is 6. The molecular weight excluding hydrogens is 830 g/mol. The Hall–Kier alpha value is -5.36. The monoisotopic (exact) mass is 877 g/mol. The van der Waals surface area contributed by atoms with Gasteiger partial charge in [0.2, 0.25) is 11.8 Å². The van der Waals surface area contributed by atoms with Crippen LogP contribution < -0.4 is 15.4 Å². The summed E-state index contributed by atoms with van der Waals surface area (Å²) in [5, 5.41) is 15.0. The Morgan fingerprint density at radius 3 is 2.14 bits per heavy atom. The molecule has 0 unspecified atom stereocenters. The lowest BCUT2D eigenvalue weighted by Crippen LogP contribution is -2.60. The normalized spacial score (nSPS) is 21.2. The van der Waals surface area contributed by atoms with Gasteiger partial charge in [-0.05, 0) is 44.7 Å². The standard InChI is InChI=1S/C40H48BrN9O7S/c1-9-26-20-40(26,36(53)47-58(55,56)30-22-48(8)23-42-30)44-34(51)29-19-28(21-49(29)35(52)33(38(2,3)4)43-37(54)57-39(5,6)7)50-45-31(24-13-11-10-12-14-24)32(46-50)25-15-17-27(41)18-16-25/h9-18,22-23,26,28-29,33H,1,19-21H2,2-8H3,(H,43,54)(H,44,51)(H,47,53)/t26-,28-,29+,33+,40+/m1/s1. The van der Waals surface area contributed by atoms with Crippen LogP contribution in [0.5, 0.6) is 0 Å². The summed E-state index contributed by atoms with van der Waals surface area (Å²) in [7, 11) is -2.81. The number of hydrogen-bond donors (Lipinski definition) is 3. The number of sulfonamides is 1. The van der Waals surface area contributed by atoms with Crippen LogP contribution in [-0.2, 0) is 36.2 Å². The summed E-state index contributed by atoms with van der Waals surface area (Å²) >= 11 is 3.49. The number of aryl methyl sites for hydroxylation is 1. The first-order valence-corrected chi connectivity index (χ1v) is 21.0. The predicted octanol–water partition coefficient (Wildman–Crippen LogP) is 4.76. The van der Waals surface area contributed by atoms with Crippen molar-refractivity contribution in [2.75, 3.05) is 6.54 Å². The lowest BCUT2D eigenvalue weighted by Gasteiger charge is -2.36. The minimum atomic E-state index is -4.40. The third kappa shape index (κ3) is 9.02. The summed E-state index contributed by atoms with van der Waals surface area (Å²) in [6.07, 6.45) is 3.27. The molecule has 4 aromatic rings. The number of hydrogen-bond acceptors (Lipinski definition) is 10. The van der Waals surface area contributed by atoms with Crippen LogP contribution in [0, 0.1) is 11.3 Å². The molecule has 1 aliphatic carbocycles. The number of carbonyl (C=O) groups excluding carboxylic acids is 4.